The summed E-state index contributed by atoms with van der Waals surface area (Å²) in [5.41, 5.74) is -0.482. The number of carbonyl (C=O) groups excluding carboxylic acids is 1. The maximum atomic E-state index is 11.6. The summed E-state index contributed by atoms with van der Waals surface area (Å²) in [5, 5.41) is 11.1. The molecule has 0 saturated carbocycles. The van der Waals surface area contributed by atoms with Crippen molar-refractivity contribution in [2.24, 2.45) is 4.99 Å². The van der Waals surface area contributed by atoms with Gasteiger partial charge < -0.3 is 20.7 Å². The predicted octanol–water partition coefficient (Wildman–Crippen LogP) is 2.71. The molecule has 1 rings (SSSR count). The molecule has 142 valence electrons. The van der Waals surface area contributed by atoms with Crippen molar-refractivity contribution < 1.29 is 9.53 Å². The number of nitrogens with one attached hydrogen (secondary N) is 3. The molecule has 1 heterocycles. The van der Waals surface area contributed by atoms with E-state index in [4.69, 9.17) is 4.74 Å². The summed E-state index contributed by atoms with van der Waals surface area (Å²) in [6.45, 7) is 10.1. The molecule has 0 bridgehead atoms. The van der Waals surface area contributed by atoms with Gasteiger partial charge in [0, 0.05) is 43.5 Å². The lowest BCUT2D eigenvalue weighted by atomic mass is 10.2. The molecular formula is C16H29N5O2S2. The van der Waals surface area contributed by atoms with Crippen LogP contribution >= 0.6 is 23.1 Å². The number of hydrogen-bond donors (Lipinski definition) is 3. The first kappa shape index (κ1) is 21.6. The highest BCUT2D eigenvalue weighted by Gasteiger charge is 2.15. The first-order chi connectivity index (χ1) is 11.9. The average molecular weight is 388 g/mol. The average Bonchev–Trinajstić information content (AvgIpc) is 3.02. The van der Waals surface area contributed by atoms with Gasteiger partial charge in [0.15, 0.2) is 5.96 Å². The number of hydrogen-bond acceptors (Lipinski definition) is 6. The second-order valence-corrected chi connectivity index (χ2v) is 8.35. The minimum Gasteiger partial charge on any atom is -0.444 e. The zero-order valence-corrected chi connectivity index (χ0v) is 17.1. The number of guanidine groups is 1. The topological polar surface area (TPSA) is 87.6 Å². The summed E-state index contributed by atoms with van der Waals surface area (Å²) in [7, 11) is 0. The van der Waals surface area contributed by atoms with E-state index in [0.29, 0.717) is 13.1 Å². The lowest BCUT2D eigenvalue weighted by molar-refractivity contribution is 0.0529. The molecule has 25 heavy (non-hydrogen) atoms. The molecule has 0 fully saturated rings. The maximum Gasteiger partial charge on any atom is 0.407 e. The second-order valence-electron chi connectivity index (χ2n) is 6.12. The summed E-state index contributed by atoms with van der Waals surface area (Å²) in [5.74, 6) is 1.75. The van der Waals surface area contributed by atoms with Gasteiger partial charge in [0.25, 0.3) is 0 Å². The number of aliphatic imine (C=N–C) groups is 1. The highest BCUT2D eigenvalue weighted by Crippen LogP contribution is 2.20. The highest BCUT2D eigenvalue weighted by atomic mass is 32.2. The van der Waals surface area contributed by atoms with E-state index >= 15 is 0 Å². The van der Waals surface area contributed by atoms with Gasteiger partial charge in [0.1, 0.15) is 9.94 Å². The molecule has 9 heteroatoms. The molecule has 1 aromatic heterocycles. The number of rotatable bonds is 9. The Morgan fingerprint density at radius 2 is 2.08 bits per heavy atom. The van der Waals surface area contributed by atoms with Crippen molar-refractivity contribution in [2.75, 3.05) is 31.9 Å². The minimum atomic E-state index is -0.482. The van der Waals surface area contributed by atoms with Crippen LogP contribution in [0.4, 0.5) is 4.79 Å². The number of aromatic nitrogens is 1. The second kappa shape index (κ2) is 12.0. The fraction of sp³-hybridized carbons (Fsp3) is 0.688. The van der Waals surface area contributed by atoms with Gasteiger partial charge in [-0.05, 0) is 34.1 Å². The maximum absolute atomic E-state index is 11.6. The molecule has 0 aliphatic carbocycles. The van der Waals surface area contributed by atoms with Crippen LogP contribution in [0.2, 0.25) is 0 Å². The van der Waals surface area contributed by atoms with Crippen LogP contribution in [-0.2, 0) is 4.74 Å². The van der Waals surface area contributed by atoms with E-state index in [1.165, 1.54) is 0 Å². The molecule has 1 aromatic rings. The number of thiazole rings is 1. The van der Waals surface area contributed by atoms with Gasteiger partial charge in [-0.1, -0.05) is 11.8 Å². The number of amides is 1. The Bertz CT molecular complexity index is 515. The van der Waals surface area contributed by atoms with Gasteiger partial charge >= 0.3 is 6.09 Å². The Balaban J connectivity index is 2.18. The molecule has 0 radical (unpaired) electrons. The minimum absolute atomic E-state index is 0.407. The third-order valence-corrected chi connectivity index (χ3v) is 4.69. The molecule has 3 N–H and O–H groups in total. The smallest absolute Gasteiger partial charge is 0.407 e. The van der Waals surface area contributed by atoms with Gasteiger partial charge in [-0.2, -0.15) is 0 Å². The van der Waals surface area contributed by atoms with Gasteiger partial charge in [-0.3, -0.25) is 4.99 Å². The lowest BCUT2D eigenvalue weighted by Crippen LogP contribution is -2.42. The number of alkyl carbamates (subject to hydrolysis) is 1. The third kappa shape index (κ3) is 11.7. The predicted molar refractivity (Wildman–Crippen MR) is 106 cm³/mol. The summed E-state index contributed by atoms with van der Waals surface area (Å²) in [4.78, 5) is 20.3. The van der Waals surface area contributed by atoms with E-state index in [-0.39, 0.29) is 0 Å². The van der Waals surface area contributed by atoms with Gasteiger partial charge in [0.05, 0.1) is 0 Å². The third-order valence-electron chi connectivity index (χ3n) is 2.64. The molecular weight excluding hydrogens is 358 g/mol. The van der Waals surface area contributed by atoms with Gasteiger partial charge in [-0.15, -0.1) is 11.3 Å². The standard InChI is InChI=1S/C16H29N5O2S2/c1-5-17-13(18-7-6-11-24-15-21-10-12-25-15)19-8-9-20-14(22)23-16(2,3)4/h10,12H,5-9,11H2,1-4H3,(H,20,22)(H2,17,18,19). The quantitative estimate of drug-likeness (QED) is 0.261. The molecule has 0 saturated heterocycles. The van der Waals surface area contributed by atoms with Crippen LogP contribution in [0, 0.1) is 0 Å². The summed E-state index contributed by atoms with van der Waals surface area (Å²) >= 11 is 3.42. The molecule has 0 aliphatic rings. The molecule has 1 amide bonds. The summed E-state index contributed by atoms with van der Waals surface area (Å²) < 4.78 is 6.28. The van der Waals surface area contributed by atoms with Crippen molar-refractivity contribution in [1.82, 2.24) is 20.9 Å². The van der Waals surface area contributed by atoms with Crippen LogP contribution in [0.5, 0.6) is 0 Å². The van der Waals surface area contributed by atoms with Gasteiger partial charge in [0.2, 0.25) is 0 Å². The van der Waals surface area contributed by atoms with Gasteiger partial charge in [-0.25, -0.2) is 9.78 Å². The van der Waals surface area contributed by atoms with E-state index in [0.717, 1.165) is 35.6 Å². The molecule has 0 aromatic carbocycles. The van der Waals surface area contributed by atoms with E-state index in [1.54, 1.807) is 23.1 Å². The molecule has 0 unspecified atom stereocenters. The van der Waals surface area contributed by atoms with Crippen molar-refractivity contribution in [1.29, 1.82) is 0 Å². The Labute approximate surface area is 158 Å². The largest absolute Gasteiger partial charge is 0.444 e. The Morgan fingerprint density at radius 1 is 1.32 bits per heavy atom. The number of carbonyl (C=O) groups is 1. The van der Waals surface area contributed by atoms with Crippen molar-refractivity contribution >= 4 is 35.2 Å². The Morgan fingerprint density at radius 3 is 2.72 bits per heavy atom. The summed E-state index contributed by atoms with van der Waals surface area (Å²) in [6, 6.07) is 0. The van der Waals surface area contributed by atoms with Crippen LogP contribution in [0.25, 0.3) is 0 Å². The van der Waals surface area contributed by atoms with Crippen molar-refractivity contribution in [3.8, 4) is 0 Å². The Kier molecular flexibility index (Phi) is 10.3. The summed E-state index contributed by atoms with van der Waals surface area (Å²) in [6.07, 6.45) is 2.40. The SMILES string of the molecule is CCNC(=NCCCSc1nccs1)NCCNC(=O)OC(C)(C)C. The molecule has 0 aliphatic heterocycles. The first-order valence-corrected chi connectivity index (χ1v) is 10.3. The molecule has 0 atom stereocenters. The zero-order valence-electron chi connectivity index (χ0n) is 15.4. The molecule has 7 nitrogen and oxygen atoms in total. The van der Waals surface area contributed by atoms with Crippen LogP contribution in [0.15, 0.2) is 20.9 Å². The number of ether oxygens (including phenoxy) is 1. The number of thioether (sulfide) groups is 1. The van der Waals surface area contributed by atoms with E-state index in [1.807, 2.05) is 39.3 Å². The first-order valence-electron chi connectivity index (χ1n) is 8.42. The number of nitrogens with zero attached hydrogens (tertiary/aromatic N) is 2. The highest BCUT2D eigenvalue weighted by molar-refractivity contribution is 8.00. The van der Waals surface area contributed by atoms with E-state index < -0.39 is 11.7 Å². The zero-order chi connectivity index (χ0) is 18.5. The van der Waals surface area contributed by atoms with Crippen molar-refractivity contribution in [3.05, 3.63) is 11.6 Å². The fourth-order valence-electron chi connectivity index (χ4n) is 1.70. The molecule has 0 spiro atoms. The van der Waals surface area contributed by atoms with Crippen molar-refractivity contribution in [2.45, 2.75) is 44.1 Å². The Hall–Kier alpha value is -1.48. The van der Waals surface area contributed by atoms with Crippen LogP contribution in [0.1, 0.15) is 34.1 Å². The van der Waals surface area contributed by atoms with Crippen LogP contribution < -0.4 is 16.0 Å². The fourth-order valence-corrected chi connectivity index (χ4v) is 3.33. The van der Waals surface area contributed by atoms with E-state index in [2.05, 4.69) is 25.9 Å². The van der Waals surface area contributed by atoms with Crippen LogP contribution in [0.3, 0.4) is 0 Å². The van der Waals surface area contributed by atoms with Crippen molar-refractivity contribution in [3.63, 3.8) is 0 Å². The normalized spacial score (nSPS) is 11.9. The monoisotopic (exact) mass is 387 g/mol. The van der Waals surface area contributed by atoms with Crippen LogP contribution in [-0.4, -0.2) is 54.6 Å². The lowest BCUT2D eigenvalue weighted by Gasteiger charge is -2.19. The van der Waals surface area contributed by atoms with E-state index in [9.17, 15) is 4.79 Å².